The quantitative estimate of drug-likeness (QED) is 0.779. The molecule has 19 heavy (non-hydrogen) atoms. The van der Waals surface area contributed by atoms with Gasteiger partial charge >= 0.3 is 5.97 Å². The second-order valence-electron chi connectivity index (χ2n) is 5.15. The summed E-state index contributed by atoms with van der Waals surface area (Å²) in [5.74, 6) is 0.0666. The van der Waals surface area contributed by atoms with Crippen molar-refractivity contribution in [3.63, 3.8) is 0 Å². The molecule has 1 aliphatic carbocycles. The van der Waals surface area contributed by atoms with Crippen LogP contribution >= 0.6 is 0 Å². The molecule has 1 aromatic carbocycles. The minimum Gasteiger partial charge on any atom is -0.469 e. The molecule has 3 nitrogen and oxygen atoms in total. The number of rotatable bonds is 4. The number of anilines is 1. The van der Waals surface area contributed by atoms with E-state index in [1.807, 2.05) is 6.07 Å². The highest BCUT2D eigenvalue weighted by molar-refractivity contribution is 5.72. The Morgan fingerprint density at radius 2 is 1.84 bits per heavy atom. The summed E-state index contributed by atoms with van der Waals surface area (Å²) in [5.41, 5.74) is 1.28. The highest BCUT2D eigenvalue weighted by Gasteiger charge is 2.29. The number of para-hydroxylation sites is 1. The summed E-state index contributed by atoms with van der Waals surface area (Å²) in [6.45, 7) is 3.21. The second kappa shape index (κ2) is 6.60. The van der Waals surface area contributed by atoms with Gasteiger partial charge in [0.15, 0.2) is 0 Å². The summed E-state index contributed by atoms with van der Waals surface area (Å²) < 4.78 is 4.84. The summed E-state index contributed by atoms with van der Waals surface area (Å²) in [5, 5.41) is 0. The molecule has 1 fully saturated rings. The lowest BCUT2D eigenvalue weighted by Gasteiger charge is -2.37. The summed E-state index contributed by atoms with van der Waals surface area (Å²) in [4.78, 5) is 14.0. The number of methoxy groups -OCH3 is 1. The van der Waals surface area contributed by atoms with Gasteiger partial charge in [-0.05, 0) is 44.7 Å². The Hall–Kier alpha value is -1.51. The zero-order valence-electron chi connectivity index (χ0n) is 11.8. The van der Waals surface area contributed by atoms with Gasteiger partial charge in [-0.1, -0.05) is 18.2 Å². The lowest BCUT2D eigenvalue weighted by atomic mass is 9.85. The molecule has 0 saturated heterocycles. The van der Waals surface area contributed by atoms with Gasteiger partial charge in [-0.25, -0.2) is 0 Å². The molecule has 0 amide bonds. The number of esters is 1. The maximum atomic E-state index is 11.5. The Labute approximate surface area is 115 Å². The minimum absolute atomic E-state index is 0.0405. The van der Waals surface area contributed by atoms with Gasteiger partial charge in [0.1, 0.15) is 0 Å². The first-order valence-electron chi connectivity index (χ1n) is 7.15. The fourth-order valence-electron chi connectivity index (χ4n) is 3.06. The number of nitrogens with zero attached hydrogens (tertiary/aromatic N) is 1. The molecular formula is C16H23NO2. The van der Waals surface area contributed by atoms with Gasteiger partial charge in [-0.15, -0.1) is 0 Å². The third-order valence-electron chi connectivity index (χ3n) is 4.10. The van der Waals surface area contributed by atoms with Gasteiger partial charge < -0.3 is 9.64 Å². The third-order valence-corrected chi connectivity index (χ3v) is 4.10. The highest BCUT2D eigenvalue weighted by Crippen LogP contribution is 2.30. The van der Waals surface area contributed by atoms with Crippen LogP contribution in [0.3, 0.4) is 0 Å². The molecule has 0 bridgehead atoms. The fourth-order valence-corrected chi connectivity index (χ4v) is 3.06. The summed E-state index contributed by atoms with van der Waals surface area (Å²) >= 11 is 0. The monoisotopic (exact) mass is 261 g/mol. The Morgan fingerprint density at radius 3 is 2.37 bits per heavy atom. The van der Waals surface area contributed by atoms with Crippen LogP contribution in [0.2, 0.25) is 0 Å². The van der Waals surface area contributed by atoms with Crippen LogP contribution in [0.1, 0.15) is 32.6 Å². The Kier molecular flexibility index (Phi) is 4.83. The normalized spacial score (nSPS) is 22.8. The molecule has 0 unspecified atom stereocenters. The maximum absolute atomic E-state index is 11.5. The first kappa shape index (κ1) is 13.9. The summed E-state index contributed by atoms with van der Waals surface area (Å²) in [7, 11) is 1.48. The van der Waals surface area contributed by atoms with Gasteiger partial charge in [0.2, 0.25) is 0 Å². The minimum atomic E-state index is -0.0405. The van der Waals surface area contributed by atoms with Crippen LogP contribution in [0.4, 0.5) is 5.69 Å². The van der Waals surface area contributed by atoms with E-state index < -0.39 is 0 Å². The summed E-state index contributed by atoms with van der Waals surface area (Å²) in [6, 6.07) is 11.1. The zero-order chi connectivity index (χ0) is 13.7. The Balaban J connectivity index is 1.98. The maximum Gasteiger partial charge on any atom is 0.308 e. The second-order valence-corrected chi connectivity index (χ2v) is 5.15. The number of hydrogen-bond acceptors (Lipinski definition) is 3. The van der Waals surface area contributed by atoms with E-state index >= 15 is 0 Å². The summed E-state index contributed by atoms with van der Waals surface area (Å²) in [6.07, 6.45) is 4.03. The molecule has 0 aromatic heterocycles. The van der Waals surface area contributed by atoms with Crippen LogP contribution in [0.25, 0.3) is 0 Å². The van der Waals surface area contributed by atoms with Crippen molar-refractivity contribution in [2.75, 3.05) is 18.6 Å². The SMILES string of the molecule is CCN(c1ccccc1)C1CCC(C(=O)OC)CC1. The molecule has 3 heteroatoms. The van der Waals surface area contributed by atoms with E-state index in [1.165, 1.54) is 12.8 Å². The molecular weight excluding hydrogens is 238 g/mol. The van der Waals surface area contributed by atoms with Gasteiger partial charge in [0.05, 0.1) is 13.0 Å². The van der Waals surface area contributed by atoms with Crippen LogP contribution < -0.4 is 4.90 Å². The molecule has 0 atom stereocenters. The smallest absolute Gasteiger partial charge is 0.308 e. The van der Waals surface area contributed by atoms with E-state index in [0.29, 0.717) is 6.04 Å². The number of carbonyl (C=O) groups excluding carboxylic acids is 1. The van der Waals surface area contributed by atoms with Crippen molar-refractivity contribution in [1.29, 1.82) is 0 Å². The van der Waals surface area contributed by atoms with Gasteiger partial charge in [-0.3, -0.25) is 4.79 Å². The van der Waals surface area contributed by atoms with E-state index in [-0.39, 0.29) is 11.9 Å². The fraction of sp³-hybridized carbons (Fsp3) is 0.562. The molecule has 0 N–H and O–H groups in total. The van der Waals surface area contributed by atoms with E-state index in [9.17, 15) is 4.79 Å². The number of carbonyl (C=O) groups is 1. The topological polar surface area (TPSA) is 29.5 Å². The molecule has 1 aromatic rings. The lowest BCUT2D eigenvalue weighted by Crippen LogP contribution is -2.39. The van der Waals surface area contributed by atoms with Crippen LogP contribution in [-0.4, -0.2) is 25.7 Å². The highest BCUT2D eigenvalue weighted by atomic mass is 16.5. The zero-order valence-corrected chi connectivity index (χ0v) is 11.8. The van der Waals surface area contributed by atoms with Crippen LogP contribution in [-0.2, 0) is 9.53 Å². The molecule has 1 saturated carbocycles. The van der Waals surface area contributed by atoms with Gasteiger partial charge in [-0.2, -0.15) is 0 Å². The Morgan fingerprint density at radius 1 is 1.21 bits per heavy atom. The Bertz CT molecular complexity index is 396. The average Bonchev–Trinajstić information content (AvgIpc) is 2.49. The number of benzene rings is 1. The van der Waals surface area contributed by atoms with Crippen molar-refractivity contribution in [2.45, 2.75) is 38.6 Å². The first-order chi connectivity index (χ1) is 9.26. The molecule has 0 spiro atoms. The van der Waals surface area contributed by atoms with Crippen LogP contribution in [0.15, 0.2) is 30.3 Å². The van der Waals surface area contributed by atoms with E-state index in [2.05, 4.69) is 36.1 Å². The van der Waals surface area contributed by atoms with Crippen molar-refractivity contribution in [3.05, 3.63) is 30.3 Å². The van der Waals surface area contributed by atoms with E-state index in [1.54, 1.807) is 0 Å². The predicted octanol–water partition coefficient (Wildman–Crippen LogP) is 3.24. The van der Waals surface area contributed by atoms with Crippen molar-refractivity contribution < 1.29 is 9.53 Å². The standard InChI is InChI=1S/C16H23NO2/c1-3-17(14-7-5-4-6-8-14)15-11-9-13(10-12-15)16(18)19-2/h4-8,13,15H,3,9-12H2,1-2H3. The molecule has 0 aliphatic heterocycles. The molecule has 1 aliphatic rings. The van der Waals surface area contributed by atoms with E-state index in [4.69, 9.17) is 4.74 Å². The average molecular weight is 261 g/mol. The lowest BCUT2D eigenvalue weighted by molar-refractivity contribution is -0.146. The third kappa shape index (κ3) is 3.28. The van der Waals surface area contributed by atoms with Crippen molar-refractivity contribution in [3.8, 4) is 0 Å². The van der Waals surface area contributed by atoms with Gasteiger partial charge in [0.25, 0.3) is 0 Å². The van der Waals surface area contributed by atoms with Crippen LogP contribution in [0, 0.1) is 5.92 Å². The number of hydrogen-bond donors (Lipinski definition) is 0. The largest absolute Gasteiger partial charge is 0.469 e. The molecule has 2 rings (SSSR count). The predicted molar refractivity (Wildman–Crippen MR) is 77.2 cm³/mol. The van der Waals surface area contributed by atoms with Crippen LogP contribution in [0.5, 0.6) is 0 Å². The molecule has 0 radical (unpaired) electrons. The molecule has 0 heterocycles. The van der Waals surface area contributed by atoms with Crippen molar-refractivity contribution in [2.24, 2.45) is 5.92 Å². The van der Waals surface area contributed by atoms with Gasteiger partial charge in [0, 0.05) is 18.3 Å². The van der Waals surface area contributed by atoms with Crippen molar-refractivity contribution in [1.82, 2.24) is 0 Å². The van der Waals surface area contributed by atoms with Crippen molar-refractivity contribution >= 4 is 11.7 Å². The van der Waals surface area contributed by atoms with E-state index in [0.717, 1.165) is 32.2 Å². The number of ether oxygens (including phenoxy) is 1. The first-order valence-corrected chi connectivity index (χ1v) is 7.15. The molecule has 104 valence electrons.